The first-order valence-corrected chi connectivity index (χ1v) is 6.65. The second-order valence-electron chi connectivity index (χ2n) is 3.25. The summed E-state index contributed by atoms with van der Waals surface area (Å²) in [6, 6.07) is 3.38. The second-order valence-corrected chi connectivity index (χ2v) is 5.78. The van der Waals surface area contributed by atoms with E-state index in [2.05, 4.69) is 0 Å². The summed E-state index contributed by atoms with van der Waals surface area (Å²) in [4.78, 5) is -0.660. The van der Waals surface area contributed by atoms with Crippen LogP contribution >= 0.6 is 10.7 Å². The molecular weight excluding hydrogens is 279 g/mol. The zero-order chi connectivity index (χ0) is 12.8. The molecule has 1 aromatic heterocycles. The van der Waals surface area contributed by atoms with Gasteiger partial charge in [-0.1, -0.05) is 6.07 Å². The summed E-state index contributed by atoms with van der Waals surface area (Å²) >= 11 is 0. The van der Waals surface area contributed by atoms with E-state index in [1.54, 1.807) is 0 Å². The maximum Gasteiger partial charge on any atom is 0.319 e. The van der Waals surface area contributed by atoms with Crippen LogP contribution in [-0.2, 0) is 9.05 Å². The summed E-state index contributed by atoms with van der Waals surface area (Å²) in [5.74, 6) is -0.916. The van der Waals surface area contributed by atoms with Gasteiger partial charge in [-0.3, -0.25) is 4.57 Å². The van der Waals surface area contributed by atoms with Crippen LogP contribution in [0.15, 0.2) is 29.3 Å². The van der Waals surface area contributed by atoms with Crippen molar-refractivity contribution >= 4 is 30.6 Å². The highest BCUT2D eigenvalue weighted by Crippen LogP contribution is 2.32. The smallest absolute Gasteiger partial charge is 0.290 e. The number of rotatable bonds is 2. The first-order valence-electron chi connectivity index (χ1n) is 4.34. The van der Waals surface area contributed by atoms with E-state index in [-0.39, 0.29) is 5.52 Å². The Morgan fingerprint density at radius 3 is 2.47 bits per heavy atom. The molecule has 0 fully saturated rings. The van der Waals surface area contributed by atoms with Crippen molar-refractivity contribution in [2.75, 3.05) is 0 Å². The molecule has 0 aliphatic rings. The number of fused-ring (bicyclic) bond motifs is 1. The largest absolute Gasteiger partial charge is 0.319 e. The van der Waals surface area contributed by atoms with Gasteiger partial charge in [-0.05, 0) is 12.1 Å². The molecule has 0 saturated carbocycles. The van der Waals surface area contributed by atoms with Crippen LogP contribution in [0.25, 0.3) is 10.9 Å². The molecule has 0 N–H and O–H groups in total. The molecular formula is C9H5ClF3NO2S. The third-order valence-corrected chi connectivity index (χ3v) is 3.58. The summed E-state index contributed by atoms with van der Waals surface area (Å²) in [7, 11) is 0.788. The first-order chi connectivity index (χ1) is 7.82. The van der Waals surface area contributed by atoms with Crippen LogP contribution in [0.5, 0.6) is 0 Å². The monoisotopic (exact) mass is 283 g/mol. The molecule has 2 aromatic rings. The molecule has 0 aliphatic carbocycles. The third-order valence-electron chi connectivity index (χ3n) is 2.25. The molecule has 0 amide bonds. The van der Waals surface area contributed by atoms with Crippen LogP contribution in [0.2, 0.25) is 0 Å². The number of alkyl halides is 2. The Balaban J connectivity index is 2.96. The van der Waals surface area contributed by atoms with Crippen molar-refractivity contribution in [3.63, 3.8) is 0 Å². The Morgan fingerprint density at radius 2 is 1.94 bits per heavy atom. The number of benzene rings is 1. The van der Waals surface area contributed by atoms with Gasteiger partial charge < -0.3 is 0 Å². The Kier molecular flexibility index (Phi) is 2.82. The van der Waals surface area contributed by atoms with Gasteiger partial charge in [0.1, 0.15) is 10.7 Å². The fraction of sp³-hybridized carbons (Fsp3) is 0.111. The Hall–Kier alpha value is -1.21. The standard InChI is InChI=1S/C9H5ClF3NO2S/c10-17(15,16)7-4-14(9(12)13)6-3-1-2-5(11)8(6)7/h1-4,9H. The topological polar surface area (TPSA) is 39.1 Å². The van der Waals surface area contributed by atoms with Gasteiger partial charge in [-0.15, -0.1) is 0 Å². The number of hydrogen-bond acceptors (Lipinski definition) is 2. The molecule has 3 nitrogen and oxygen atoms in total. The summed E-state index contributed by atoms with van der Waals surface area (Å²) in [5, 5.41) is -0.428. The number of hydrogen-bond donors (Lipinski definition) is 0. The third kappa shape index (κ3) is 2.00. The summed E-state index contributed by atoms with van der Waals surface area (Å²) in [5.41, 5.74) is -0.223. The molecule has 0 bridgehead atoms. The maximum absolute atomic E-state index is 13.5. The lowest BCUT2D eigenvalue weighted by Crippen LogP contribution is -1.95. The summed E-state index contributed by atoms with van der Waals surface area (Å²) in [6.07, 6.45) is 0.626. The average molecular weight is 284 g/mol. The van der Waals surface area contributed by atoms with E-state index in [1.165, 1.54) is 12.1 Å². The minimum absolute atomic E-state index is 0.223. The van der Waals surface area contributed by atoms with Crippen LogP contribution in [0.3, 0.4) is 0 Å². The van der Waals surface area contributed by atoms with Gasteiger partial charge in [0.15, 0.2) is 0 Å². The van der Waals surface area contributed by atoms with Crippen molar-refractivity contribution in [1.82, 2.24) is 4.57 Å². The second kappa shape index (κ2) is 3.92. The van der Waals surface area contributed by atoms with Crippen LogP contribution in [0.4, 0.5) is 13.2 Å². The molecule has 92 valence electrons. The van der Waals surface area contributed by atoms with Gasteiger partial charge in [0.2, 0.25) is 0 Å². The SMILES string of the molecule is O=S(=O)(Cl)c1cn(C(F)F)c2cccc(F)c12. The lowest BCUT2D eigenvalue weighted by Gasteiger charge is -2.01. The quantitative estimate of drug-likeness (QED) is 0.795. The molecule has 2 rings (SSSR count). The predicted molar refractivity (Wildman–Crippen MR) is 56.2 cm³/mol. The molecule has 8 heteroatoms. The molecule has 0 spiro atoms. The Morgan fingerprint density at radius 1 is 1.29 bits per heavy atom. The molecule has 1 aromatic carbocycles. The van der Waals surface area contributed by atoms with Crippen LogP contribution in [0, 0.1) is 5.82 Å². The zero-order valence-corrected chi connectivity index (χ0v) is 9.64. The van der Waals surface area contributed by atoms with E-state index in [4.69, 9.17) is 10.7 Å². The number of aromatic nitrogens is 1. The number of nitrogens with zero attached hydrogens (tertiary/aromatic N) is 1. The van der Waals surface area contributed by atoms with Crippen LogP contribution in [-0.4, -0.2) is 13.0 Å². The van der Waals surface area contributed by atoms with Gasteiger partial charge in [-0.25, -0.2) is 12.8 Å². The Bertz CT molecular complexity index is 681. The van der Waals surface area contributed by atoms with Gasteiger partial charge in [0.05, 0.1) is 10.9 Å². The zero-order valence-electron chi connectivity index (χ0n) is 8.07. The minimum Gasteiger partial charge on any atom is -0.290 e. The molecule has 0 saturated heterocycles. The maximum atomic E-state index is 13.5. The Labute approximate surface area is 98.8 Å². The van der Waals surface area contributed by atoms with Crippen molar-refractivity contribution in [3.8, 4) is 0 Å². The molecule has 0 radical (unpaired) electrons. The average Bonchev–Trinajstić information content (AvgIpc) is 2.57. The van der Waals surface area contributed by atoms with E-state index in [0.717, 1.165) is 6.07 Å². The molecule has 0 atom stereocenters. The van der Waals surface area contributed by atoms with E-state index in [9.17, 15) is 21.6 Å². The van der Waals surface area contributed by atoms with Crippen LogP contribution in [0.1, 0.15) is 6.55 Å². The highest BCUT2D eigenvalue weighted by molar-refractivity contribution is 8.14. The fourth-order valence-electron chi connectivity index (χ4n) is 1.58. The predicted octanol–water partition coefficient (Wildman–Crippen LogP) is 3.10. The lowest BCUT2D eigenvalue weighted by atomic mass is 10.2. The van der Waals surface area contributed by atoms with E-state index in [1.807, 2.05) is 0 Å². The van der Waals surface area contributed by atoms with Crippen molar-refractivity contribution in [2.45, 2.75) is 11.4 Å². The highest BCUT2D eigenvalue weighted by Gasteiger charge is 2.23. The minimum atomic E-state index is -4.29. The molecule has 1 heterocycles. The molecule has 17 heavy (non-hydrogen) atoms. The van der Waals surface area contributed by atoms with Crippen molar-refractivity contribution in [2.24, 2.45) is 0 Å². The lowest BCUT2D eigenvalue weighted by molar-refractivity contribution is 0.0748. The summed E-state index contributed by atoms with van der Waals surface area (Å²) in [6.45, 7) is -2.98. The first kappa shape index (κ1) is 12.3. The van der Waals surface area contributed by atoms with Gasteiger partial charge in [0.25, 0.3) is 9.05 Å². The van der Waals surface area contributed by atoms with Crippen molar-refractivity contribution < 1.29 is 21.6 Å². The van der Waals surface area contributed by atoms with E-state index < -0.39 is 31.7 Å². The molecule has 0 aliphatic heterocycles. The van der Waals surface area contributed by atoms with Gasteiger partial charge in [0, 0.05) is 16.9 Å². The van der Waals surface area contributed by atoms with Gasteiger partial charge in [-0.2, -0.15) is 8.78 Å². The van der Waals surface area contributed by atoms with Crippen molar-refractivity contribution in [3.05, 3.63) is 30.2 Å². The number of halogens is 4. The van der Waals surface area contributed by atoms with E-state index >= 15 is 0 Å². The molecule has 0 unspecified atom stereocenters. The van der Waals surface area contributed by atoms with Crippen molar-refractivity contribution in [1.29, 1.82) is 0 Å². The van der Waals surface area contributed by atoms with Crippen LogP contribution < -0.4 is 0 Å². The summed E-state index contributed by atoms with van der Waals surface area (Å²) < 4.78 is 61.4. The van der Waals surface area contributed by atoms with Gasteiger partial charge >= 0.3 is 6.55 Å². The normalized spacial score (nSPS) is 12.5. The highest BCUT2D eigenvalue weighted by atomic mass is 35.7. The van der Waals surface area contributed by atoms with E-state index in [0.29, 0.717) is 10.8 Å². The fourth-order valence-corrected chi connectivity index (χ4v) is 2.61.